The molecule has 1 aromatic heterocycles. The molecule has 0 bridgehead atoms. The minimum atomic E-state index is -3.55. The van der Waals surface area contributed by atoms with Crippen LogP contribution in [0.1, 0.15) is 25.0 Å². The molecule has 2 rings (SSSR count). The molecule has 0 radical (unpaired) electrons. The molecule has 1 unspecified atom stereocenters. The zero-order valence-corrected chi connectivity index (χ0v) is 11.2. The van der Waals surface area contributed by atoms with Crippen molar-refractivity contribution >= 4 is 10.0 Å². The standard InChI is InChI=1S/C11H18N4O2S/c1-9-11(14-7-6-12-9)18(16,17)15-8-10-4-2-3-5-13-10/h6-7,10,13,15H,2-5,8H2,1H3. The summed E-state index contributed by atoms with van der Waals surface area (Å²) in [5, 5.41) is 3.31. The van der Waals surface area contributed by atoms with Gasteiger partial charge in [0.1, 0.15) is 0 Å². The van der Waals surface area contributed by atoms with Crippen molar-refractivity contribution < 1.29 is 8.42 Å². The van der Waals surface area contributed by atoms with Crippen LogP contribution in [0.2, 0.25) is 0 Å². The Morgan fingerprint density at radius 3 is 2.83 bits per heavy atom. The molecule has 2 heterocycles. The summed E-state index contributed by atoms with van der Waals surface area (Å²) in [6, 6.07) is 0.213. The van der Waals surface area contributed by atoms with Gasteiger partial charge in [0.25, 0.3) is 10.0 Å². The van der Waals surface area contributed by atoms with E-state index in [1.807, 2.05) is 0 Å². The van der Waals surface area contributed by atoms with Crippen molar-refractivity contribution in [3.05, 3.63) is 18.1 Å². The highest BCUT2D eigenvalue weighted by atomic mass is 32.2. The maximum Gasteiger partial charge on any atom is 0.259 e. The van der Waals surface area contributed by atoms with E-state index >= 15 is 0 Å². The van der Waals surface area contributed by atoms with E-state index in [-0.39, 0.29) is 11.1 Å². The van der Waals surface area contributed by atoms with Gasteiger partial charge in [-0.05, 0) is 26.3 Å². The third kappa shape index (κ3) is 3.24. The van der Waals surface area contributed by atoms with Crippen molar-refractivity contribution in [2.24, 2.45) is 0 Å². The van der Waals surface area contributed by atoms with Gasteiger partial charge in [0.15, 0.2) is 5.03 Å². The fraction of sp³-hybridized carbons (Fsp3) is 0.636. The quantitative estimate of drug-likeness (QED) is 0.817. The van der Waals surface area contributed by atoms with E-state index in [0.717, 1.165) is 25.8 Å². The highest BCUT2D eigenvalue weighted by Gasteiger charge is 2.21. The first-order chi connectivity index (χ1) is 8.59. The van der Waals surface area contributed by atoms with Crippen LogP contribution in [0.15, 0.2) is 17.4 Å². The molecule has 1 aromatic rings. The Hall–Kier alpha value is -1.05. The second-order valence-electron chi connectivity index (χ2n) is 4.45. The van der Waals surface area contributed by atoms with E-state index in [1.165, 1.54) is 12.4 Å². The van der Waals surface area contributed by atoms with E-state index in [4.69, 9.17) is 0 Å². The fourth-order valence-electron chi connectivity index (χ4n) is 2.04. The summed E-state index contributed by atoms with van der Waals surface area (Å²) in [6.45, 7) is 3.00. The molecule has 0 amide bonds. The predicted octanol–water partition coefficient (Wildman–Crippen LogP) is 0.205. The van der Waals surface area contributed by atoms with Crippen molar-refractivity contribution in [2.75, 3.05) is 13.1 Å². The zero-order chi connectivity index (χ0) is 13.0. The average Bonchev–Trinajstić information content (AvgIpc) is 2.38. The van der Waals surface area contributed by atoms with Gasteiger partial charge in [0, 0.05) is 25.0 Å². The van der Waals surface area contributed by atoms with E-state index in [9.17, 15) is 8.42 Å². The second-order valence-corrected chi connectivity index (χ2v) is 6.13. The molecule has 7 heteroatoms. The molecule has 1 aliphatic rings. The number of nitrogens with zero attached hydrogens (tertiary/aromatic N) is 2. The van der Waals surface area contributed by atoms with Gasteiger partial charge in [-0.15, -0.1) is 0 Å². The van der Waals surface area contributed by atoms with Crippen LogP contribution in [-0.2, 0) is 10.0 Å². The largest absolute Gasteiger partial charge is 0.313 e. The highest BCUT2D eigenvalue weighted by Crippen LogP contribution is 2.10. The summed E-state index contributed by atoms with van der Waals surface area (Å²) in [4.78, 5) is 7.82. The maximum atomic E-state index is 12.1. The smallest absolute Gasteiger partial charge is 0.259 e. The molecule has 1 fully saturated rings. The van der Waals surface area contributed by atoms with Crippen LogP contribution in [0.25, 0.3) is 0 Å². The molecule has 0 spiro atoms. The van der Waals surface area contributed by atoms with Gasteiger partial charge in [-0.3, -0.25) is 4.98 Å². The van der Waals surface area contributed by atoms with Gasteiger partial charge in [-0.2, -0.15) is 0 Å². The van der Waals surface area contributed by atoms with Crippen LogP contribution < -0.4 is 10.0 Å². The lowest BCUT2D eigenvalue weighted by molar-refractivity contribution is 0.398. The lowest BCUT2D eigenvalue weighted by Crippen LogP contribution is -2.43. The molecule has 2 N–H and O–H groups in total. The normalized spacial score (nSPS) is 20.8. The van der Waals surface area contributed by atoms with Crippen LogP contribution in [0.5, 0.6) is 0 Å². The van der Waals surface area contributed by atoms with Crippen molar-refractivity contribution in [1.29, 1.82) is 0 Å². The molecular weight excluding hydrogens is 252 g/mol. The number of piperidine rings is 1. The lowest BCUT2D eigenvalue weighted by Gasteiger charge is -2.23. The summed E-state index contributed by atoms with van der Waals surface area (Å²) in [5.74, 6) is 0. The maximum absolute atomic E-state index is 12.1. The van der Waals surface area contributed by atoms with E-state index in [2.05, 4.69) is 20.0 Å². The first-order valence-corrected chi connectivity index (χ1v) is 7.58. The molecule has 100 valence electrons. The molecule has 0 saturated carbocycles. The third-order valence-corrected chi connectivity index (χ3v) is 4.48. The monoisotopic (exact) mass is 270 g/mol. The van der Waals surface area contributed by atoms with Gasteiger partial charge in [-0.1, -0.05) is 6.42 Å². The topological polar surface area (TPSA) is 84.0 Å². The summed E-state index contributed by atoms with van der Waals surface area (Å²) in [7, 11) is -3.55. The second kappa shape index (κ2) is 5.73. The Bertz CT molecular complexity index is 498. The van der Waals surface area contributed by atoms with Crippen molar-refractivity contribution in [1.82, 2.24) is 20.0 Å². The fourth-order valence-corrected chi connectivity index (χ4v) is 3.23. The van der Waals surface area contributed by atoms with Gasteiger partial charge in [-0.25, -0.2) is 18.1 Å². The molecule has 18 heavy (non-hydrogen) atoms. The van der Waals surface area contributed by atoms with Crippen LogP contribution in [-0.4, -0.2) is 37.5 Å². The molecule has 6 nitrogen and oxygen atoms in total. The molecule has 0 aliphatic carbocycles. The molecule has 0 aromatic carbocycles. The van der Waals surface area contributed by atoms with Gasteiger partial charge in [0.05, 0.1) is 5.69 Å². The number of hydrogen-bond acceptors (Lipinski definition) is 5. The highest BCUT2D eigenvalue weighted by molar-refractivity contribution is 7.89. The first-order valence-electron chi connectivity index (χ1n) is 6.10. The molecule has 1 aliphatic heterocycles. The van der Waals surface area contributed by atoms with Crippen molar-refractivity contribution in [2.45, 2.75) is 37.3 Å². The molecule has 1 atom stereocenters. The van der Waals surface area contributed by atoms with Crippen LogP contribution >= 0.6 is 0 Å². The number of aryl methyl sites for hydroxylation is 1. The summed E-state index contributed by atoms with van der Waals surface area (Å²) in [5.41, 5.74) is 0.418. The molecular formula is C11H18N4O2S. The SMILES string of the molecule is Cc1nccnc1S(=O)(=O)NCC1CCCCN1. The third-order valence-electron chi connectivity index (χ3n) is 3.02. The van der Waals surface area contributed by atoms with Crippen LogP contribution in [0, 0.1) is 6.92 Å². The van der Waals surface area contributed by atoms with Crippen molar-refractivity contribution in [3.8, 4) is 0 Å². The number of sulfonamides is 1. The Morgan fingerprint density at radius 2 is 2.17 bits per heavy atom. The number of rotatable bonds is 4. The lowest BCUT2D eigenvalue weighted by atomic mass is 10.1. The van der Waals surface area contributed by atoms with Crippen LogP contribution in [0.3, 0.4) is 0 Å². The Labute approximate surface area is 107 Å². The Morgan fingerprint density at radius 1 is 1.39 bits per heavy atom. The van der Waals surface area contributed by atoms with Gasteiger partial charge in [0.2, 0.25) is 0 Å². The summed E-state index contributed by atoms with van der Waals surface area (Å²) < 4.78 is 26.7. The minimum Gasteiger partial charge on any atom is -0.313 e. The van der Waals surface area contributed by atoms with Crippen LogP contribution in [0.4, 0.5) is 0 Å². The Kier molecular flexibility index (Phi) is 4.26. The van der Waals surface area contributed by atoms with Crippen molar-refractivity contribution in [3.63, 3.8) is 0 Å². The number of hydrogen-bond donors (Lipinski definition) is 2. The Balaban J connectivity index is 2.01. The first kappa shape index (κ1) is 13.4. The van der Waals surface area contributed by atoms with E-state index < -0.39 is 10.0 Å². The molecule has 1 saturated heterocycles. The minimum absolute atomic E-state index is 0.0146. The number of nitrogens with one attached hydrogen (secondary N) is 2. The number of aromatic nitrogens is 2. The van der Waals surface area contributed by atoms with E-state index in [1.54, 1.807) is 6.92 Å². The zero-order valence-electron chi connectivity index (χ0n) is 10.4. The summed E-state index contributed by atoms with van der Waals surface area (Å²) in [6.07, 6.45) is 6.18. The van der Waals surface area contributed by atoms with E-state index in [0.29, 0.717) is 12.2 Å². The van der Waals surface area contributed by atoms with Gasteiger partial charge >= 0.3 is 0 Å². The predicted molar refractivity (Wildman–Crippen MR) is 67.6 cm³/mol. The summed E-state index contributed by atoms with van der Waals surface area (Å²) >= 11 is 0. The van der Waals surface area contributed by atoms with Gasteiger partial charge < -0.3 is 5.32 Å². The average molecular weight is 270 g/mol.